The number of halogens is 1. The van der Waals surface area contributed by atoms with Crippen molar-refractivity contribution in [1.82, 2.24) is 9.80 Å². The second-order valence-electron chi connectivity index (χ2n) is 6.15. The van der Waals surface area contributed by atoms with E-state index in [1.165, 1.54) is 0 Å². The zero-order chi connectivity index (χ0) is 17.0. The quantitative estimate of drug-likeness (QED) is 0.823. The maximum absolute atomic E-state index is 9.66. The lowest BCUT2D eigenvalue weighted by molar-refractivity contribution is 0.153. The van der Waals surface area contributed by atoms with E-state index in [0.29, 0.717) is 35.7 Å². The van der Waals surface area contributed by atoms with Crippen LogP contribution in [0.2, 0.25) is 5.02 Å². The van der Waals surface area contributed by atoms with Crippen LogP contribution in [0.5, 0.6) is 11.5 Å². The molecule has 1 fully saturated rings. The Morgan fingerprint density at radius 1 is 1.35 bits per heavy atom. The van der Waals surface area contributed by atoms with Gasteiger partial charge in [-0.25, -0.2) is 0 Å². The summed E-state index contributed by atoms with van der Waals surface area (Å²) in [7, 11) is 5.79. The molecule has 1 N–H and O–H groups in total. The minimum Gasteiger partial charge on any atom is -0.493 e. The molecule has 1 aliphatic heterocycles. The molecule has 1 saturated heterocycles. The first-order valence-corrected chi connectivity index (χ1v) is 8.38. The van der Waals surface area contributed by atoms with Gasteiger partial charge in [0.25, 0.3) is 0 Å². The van der Waals surface area contributed by atoms with Gasteiger partial charge in [0, 0.05) is 36.3 Å². The van der Waals surface area contributed by atoms with Crippen molar-refractivity contribution in [2.75, 3.05) is 41.0 Å². The summed E-state index contributed by atoms with van der Waals surface area (Å²) in [6, 6.07) is 4.36. The first kappa shape index (κ1) is 18.3. The molecular weight excluding hydrogens is 316 g/mol. The van der Waals surface area contributed by atoms with E-state index in [0.717, 1.165) is 18.5 Å². The fourth-order valence-corrected chi connectivity index (χ4v) is 3.27. The number of nitrogens with zero attached hydrogens (tertiary/aromatic N) is 2. The van der Waals surface area contributed by atoms with Crippen LogP contribution < -0.4 is 9.47 Å². The molecular formula is C17H27ClN2O3. The molecule has 1 heterocycles. The van der Waals surface area contributed by atoms with Crippen molar-refractivity contribution in [2.24, 2.45) is 0 Å². The average molecular weight is 343 g/mol. The molecule has 1 aromatic carbocycles. The number of likely N-dealkylation sites (tertiary alicyclic amines) is 1. The maximum atomic E-state index is 9.66. The van der Waals surface area contributed by atoms with Crippen LogP contribution in [0.25, 0.3) is 0 Å². The van der Waals surface area contributed by atoms with E-state index in [1.54, 1.807) is 7.11 Å². The predicted molar refractivity (Wildman–Crippen MR) is 92.5 cm³/mol. The van der Waals surface area contributed by atoms with Crippen LogP contribution in [0.15, 0.2) is 12.1 Å². The largest absolute Gasteiger partial charge is 0.493 e. The standard InChI is InChI=1S/C17H27ClN2O3/c1-5-23-17-8-15(18)12(6-16(17)22-4)9-20-10-13(19(2)3)7-14(20)11-21/h6,8,13-14,21H,5,7,9-11H2,1-4H3/t13-,14+/m1/s1. The molecule has 2 atom stereocenters. The number of rotatable bonds is 7. The second-order valence-corrected chi connectivity index (χ2v) is 6.55. The summed E-state index contributed by atoms with van der Waals surface area (Å²) in [6.07, 6.45) is 0.968. The monoisotopic (exact) mass is 342 g/mol. The lowest BCUT2D eigenvalue weighted by Gasteiger charge is -2.24. The van der Waals surface area contributed by atoms with Crippen molar-refractivity contribution in [2.45, 2.75) is 32.0 Å². The van der Waals surface area contributed by atoms with Crippen LogP contribution >= 0.6 is 11.6 Å². The van der Waals surface area contributed by atoms with Crippen molar-refractivity contribution >= 4 is 11.6 Å². The fraction of sp³-hybridized carbons (Fsp3) is 0.647. The number of likely N-dealkylation sites (N-methyl/N-ethyl adjacent to an activating group) is 1. The Labute approximate surface area is 143 Å². The second kappa shape index (κ2) is 8.20. The SMILES string of the molecule is CCOc1cc(Cl)c(CN2C[C@H](N(C)C)C[C@H]2CO)cc1OC. The van der Waals surface area contributed by atoms with Crippen LogP contribution in [0.3, 0.4) is 0 Å². The first-order chi connectivity index (χ1) is 11.0. The van der Waals surface area contributed by atoms with E-state index in [-0.39, 0.29) is 12.6 Å². The molecule has 0 unspecified atom stereocenters. The van der Waals surface area contributed by atoms with Crippen LogP contribution in [0, 0.1) is 0 Å². The van der Waals surface area contributed by atoms with E-state index in [9.17, 15) is 5.11 Å². The van der Waals surface area contributed by atoms with Gasteiger partial charge in [-0.05, 0) is 39.1 Å². The molecule has 5 nitrogen and oxygen atoms in total. The Kier molecular flexibility index (Phi) is 6.53. The summed E-state index contributed by atoms with van der Waals surface area (Å²) in [4.78, 5) is 4.49. The summed E-state index contributed by atoms with van der Waals surface area (Å²) in [5.74, 6) is 1.35. The lowest BCUT2D eigenvalue weighted by Crippen LogP contribution is -2.33. The maximum Gasteiger partial charge on any atom is 0.162 e. The van der Waals surface area contributed by atoms with Crippen LogP contribution in [0.4, 0.5) is 0 Å². The van der Waals surface area contributed by atoms with E-state index >= 15 is 0 Å². The van der Waals surface area contributed by atoms with E-state index < -0.39 is 0 Å². The smallest absolute Gasteiger partial charge is 0.162 e. The normalized spacial score (nSPS) is 21.9. The van der Waals surface area contributed by atoms with Gasteiger partial charge < -0.3 is 19.5 Å². The van der Waals surface area contributed by atoms with Gasteiger partial charge in [0.1, 0.15) is 0 Å². The van der Waals surface area contributed by atoms with Crippen molar-refractivity contribution in [3.05, 3.63) is 22.7 Å². The van der Waals surface area contributed by atoms with Crippen LogP contribution in [-0.4, -0.2) is 68.0 Å². The van der Waals surface area contributed by atoms with Gasteiger partial charge in [0.2, 0.25) is 0 Å². The lowest BCUT2D eigenvalue weighted by atomic mass is 10.1. The molecule has 2 rings (SSSR count). The highest BCUT2D eigenvalue weighted by Crippen LogP contribution is 2.35. The molecule has 6 heteroatoms. The molecule has 1 aliphatic rings. The zero-order valence-corrected chi connectivity index (χ0v) is 15.1. The minimum absolute atomic E-state index is 0.163. The molecule has 0 radical (unpaired) electrons. The molecule has 130 valence electrons. The Bertz CT molecular complexity index is 525. The van der Waals surface area contributed by atoms with E-state index in [1.807, 2.05) is 19.1 Å². The van der Waals surface area contributed by atoms with Gasteiger partial charge in [-0.2, -0.15) is 0 Å². The average Bonchev–Trinajstić information content (AvgIpc) is 2.93. The topological polar surface area (TPSA) is 45.2 Å². The number of benzene rings is 1. The number of hydrogen-bond acceptors (Lipinski definition) is 5. The summed E-state index contributed by atoms with van der Waals surface area (Å²) >= 11 is 6.43. The van der Waals surface area contributed by atoms with Crippen molar-refractivity contribution in [3.63, 3.8) is 0 Å². The van der Waals surface area contributed by atoms with Gasteiger partial charge in [-0.1, -0.05) is 11.6 Å². The molecule has 0 aromatic heterocycles. The molecule has 0 amide bonds. The van der Waals surface area contributed by atoms with Gasteiger partial charge in [0.05, 0.1) is 20.3 Å². The number of aliphatic hydroxyl groups excluding tert-OH is 1. The third kappa shape index (κ3) is 4.29. The molecule has 0 bridgehead atoms. The number of aliphatic hydroxyl groups is 1. The molecule has 1 aromatic rings. The van der Waals surface area contributed by atoms with Crippen molar-refractivity contribution in [3.8, 4) is 11.5 Å². The van der Waals surface area contributed by atoms with Gasteiger partial charge in [-0.3, -0.25) is 4.90 Å². The van der Waals surface area contributed by atoms with E-state index in [2.05, 4.69) is 23.9 Å². The Balaban J connectivity index is 2.18. The van der Waals surface area contributed by atoms with Crippen molar-refractivity contribution < 1.29 is 14.6 Å². The summed E-state index contributed by atoms with van der Waals surface area (Å²) in [6.45, 7) is 4.27. The van der Waals surface area contributed by atoms with Gasteiger partial charge in [-0.15, -0.1) is 0 Å². The minimum atomic E-state index is 0.163. The fourth-order valence-electron chi connectivity index (χ4n) is 3.06. The highest BCUT2D eigenvalue weighted by Gasteiger charge is 2.33. The molecule has 23 heavy (non-hydrogen) atoms. The predicted octanol–water partition coefficient (Wildman–Crippen LogP) is 2.24. The Morgan fingerprint density at radius 2 is 2.09 bits per heavy atom. The highest BCUT2D eigenvalue weighted by molar-refractivity contribution is 6.31. The third-order valence-corrected chi connectivity index (χ3v) is 4.80. The third-order valence-electron chi connectivity index (χ3n) is 4.45. The highest BCUT2D eigenvalue weighted by atomic mass is 35.5. The number of methoxy groups -OCH3 is 1. The number of ether oxygens (including phenoxy) is 2. The number of hydrogen-bond donors (Lipinski definition) is 1. The van der Waals surface area contributed by atoms with Gasteiger partial charge in [0.15, 0.2) is 11.5 Å². The Hall–Kier alpha value is -1.01. The van der Waals surface area contributed by atoms with Gasteiger partial charge >= 0.3 is 0 Å². The summed E-state index contributed by atoms with van der Waals surface area (Å²) in [5.41, 5.74) is 0.991. The molecule has 0 spiro atoms. The first-order valence-electron chi connectivity index (χ1n) is 8.00. The zero-order valence-electron chi connectivity index (χ0n) is 14.4. The summed E-state index contributed by atoms with van der Waals surface area (Å²) < 4.78 is 11.0. The van der Waals surface area contributed by atoms with E-state index in [4.69, 9.17) is 21.1 Å². The Morgan fingerprint density at radius 3 is 2.65 bits per heavy atom. The van der Waals surface area contributed by atoms with Crippen molar-refractivity contribution in [1.29, 1.82) is 0 Å². The molecule has 0 saturated carbocycles. The van der Waals surface area contributed by atoms with Crippen LogP contribution in [0.1, 0.15) is 18.9 Å². The summed E-state index contributed by atoms with van der Waals surface area (Å²) in [5, 5.41) is 10.3. The molecule has 0 aliphatic carbocycles. The van der Waals surface area contributed by atoms with Crippen LogP contribution in [-0.2, 0) is 6.54 Å².